The van der Waals surface area contributed by atoms with Crippen LogP contribution in [-0.4, -0.2) is 32.4 Å². The zero-order valence-corrected chi connectivity index (χ0v) is 17.3. The molecular formula is C19H23N3O6S. The van der Waals surface area contributed by atoms with Gasteiger partial charge in [-0.1, -0.05) is 12.1 Å². The number of methoxy groups -OCH3 is 1. The Hall–Kier alpha value is -2.98. The molecule has 0 aliphatic heterocycles. The zero-order valence-electron chi connectivity index (χ0n) is 16.5. The average Bonchev–Trinajstić information content (AvgIpc) is 2.66. The minimum atomic E-state index is -3.88. The van der Waals surface area contributed by atoms with Crippen molar-refractivity contribution >= 4 is 21.6 Å². The SMILES string of the molecule is COc1ccc(C(=O)NC(C)c2cccc([N+](=O)[O-])c2)cc1S(=O)(=O)NC(C)C. The van der Waals surface area contributed by atoms with Crippen LogP contribution in [-0.2, 0) is 10.0 Å². The predicted octanol–water partition coefficient (Wildman–Crippen LogP) is 2.78. The summed E-state index contributed by atoms with van der Waals surface area (Å²) in [5.41, 5.74) is 0.587. The number of sulfonamides is 1. The van der Waals surface area contributed by atoms with E-state index in [0.29, 0.717) is 5.56 Å². The van der Waals surface area contributed by atoms with Crippen LogP contribution in [0.2, 0.25) is 0 Å². The van der Waals surface area contributed by atoms with Crippen molar-refractivity contribution in [2.24, 2.45) is 0 Å². The second-order valence-electron chi connectivity index (χ2n) is 6.69. The molecule has 0 saturated heterocycles. The Balaban J connectivity index is 2.30. The maximum Gasteiger partial charge on any atom is 0.269 e. The Morgan fingerprint density at radius 1 is 1.14 bits per heavy atom. The molecule has 0 aliphatic rings. The fourth-order valence-electron chi connectivity index (χ4n) is 2.67. The van der Waals surface area contributed by atoms with Gasteiger partial charge in [-0.25, -0.2) is 13.1 Å². The van der Waals surface area contributed by atoms with E-state index in [-0.39, 0.29) is 27.9 Å². The van der Waals surface area contributed by atoms with Crippen molar-refractivity contribution in [1.29, 1.82) is 0 Å². The Morgan fingerprint density at radius 3 is 2.41 bits per heavy atom. The first kappa shape index (κ1) is 22.3. The number of benzene rings is 2. The van der Waals surface area contributed by atoms with Crippen LogP contribution in [0, 0.1) is 10.1 Å². The van der Waals surface area contributed by atoms with Gasteiger partial charge in [0.25, 0.3) is 11.6 Å². The van der Waals surface area contributed by atoms with Crippen LogP contribution in [0.5, 0.6) is 5.75 Å². The number of nitro benzene ring substituents is 1. The van der Waals surface area contributed by atoms with E-state index < -0.39 is 26.9 Å². The van der Waals surface area contributed by atoms with Crippen LogP contribution in [0.15, 0.2) is 47.4 Å². The molecule has 9 nitrogen and oxygen atoms in total. The normalized spacial score (nSPS) is 12.4. The summed E-state index contributed by atoms with van der Waals surface area (Å²) in [5.74, 6) is -0.408. The van der Waals surface area contributed by atoms with Gasteiger partial charge in [-0.3, -0.25) is 14.9 Å². The number of rotatable bonds is 8. The minimum absolute atomic E-state index is 0.0822. The van der Waals surface area contributed by atoms with Gasteiger partial charge in [-0.05, 0) is 44.5 Å². The molecule has 0 fully saturated rings. The van der Waals surface area contributed by atoms with E-state index in [1.165, 1.54) is 43.5 Å². The van der Waals surface area contributed by atoms with Crippen LogP contribution in [0.3, 0.4) is 0 Å². The molecule has 0 saturated carbocycles. The summed E-state index contributed by atoms with van der Waals surface area (Å²) in [6.45, 7) is 5.04. The monoisotopic (exact) mass is 421 g/mol. The highest BCUT2D eigenvalue weighted by Crippen LogP contribution is 2.26. The molecule has 0 heterocycles. The van der Waals surface area contributed by atoms with Gasteiger partial charge >= 0.3 is 0 Å². The summed E-state index contributed by atoms with van der Waals surface area (Å²) in [4.78, 5) is 22.9. The molecule has 156 valence electrons. The number of nitrogens with one attached hydrogen (secondary N) is 2. The summed E-state index contributed by atoms with van der Waals surface area (Å²) >= 11 is 0. The Labute approximate surface area is 169 Å². The van der Waals surface area contributed by atoms with Crippen molar-refractivity contribution in [3.8, 4) is 5.75 Å². The molecule has 0 aromatic heterocycles. The standard InChI is InChI=1S/C19H23N3O6S/c1-12(2)21-29(26,27)18-11-15(8-9-17(18)28-4)19(23)20-13(3)14-6-5-7-16(10-14)22(24)25/h5-13,21H,1-4H3,(H,20,23). The minimum Gasteiger partial charge on any atom is -0.495 e. The topological polar surface area (TPSA) is 128 Å². The second-order valence-corrected chi connectivity index (χ2v) is 8.37. The lowest BCUT2D eigenvalue weighted by molar-refractivity contribution is -0.384. The number of ether oxygens (including phenoxy) is 1. The number of hydrogen-bond donors (Lipinski definition) is 2. The van der Waals surface area contributed by atoms with Crippen LogP contribution in [0.1, 0.15) is 42.7 Å². The van der Waals surface area contributed by atoms with Gasteiger partial charge in [-0.2, -0.15) is 0 Å². The van der Waals surface area contributed by atoms with Gasteiger partial charge in [0.2, 0.25) is 10.0 Å². The van der Waals surface area contributed by atoms with Crippen molar-refractivity contribution in [3.63, 3.8) is 0 Å². The molecule has 1 unspecified atom stereocenters. The van der Waals surface area contributed by atoms with Gasteiger partial charge in [0.1, 0.15) is 10.6 Å². The van der Waals surface area contributed by atoms with Crippen molar-refractivity contribution in [3.05, 3.63) is 63.7 Å². The number of nitro groups is 1. The third-order valence-electron chi connectivity index (χ3n) is 4.03. The molecule has 2 N–H and O–H groups in total. The number of hydrogen-bond acceptors (Lipinski definition) is 6. The fraction of sp³-hybridized carbons (Fsp3) is 0.316. The second kappa shape index (κ2) is 9.01. The molecule has 0 aliphatic carbocycles. The molecule has 29 heavy (non-hydrogen) atoms. The lowest BCUT2D eigenvalue weighted by Gasteiger charge is -2.16. The third-order valence-corrected chi connectivity index (χ3v) is 5.71. The van der Waals surface area contributed by atoms with Crippen molar-refractivity contribution in [2.45, 2.75) is 37.8 Å². The smallest absolute Gasteiger partial charge is 0.269 e. The summed E-state index contributed by atoms with van der Waals surface area (Å²) in [5, 5.41) is 13.6. The molecule has 0 radical (unpaired) electrons. The quantitative estimate of drug-likeness (QED) is 0.498. The van der Waals surface area contributed by atoms with Crippen LogP contribution >= 0.6 is 0 Å². The number of nitrogens with zero attached hydrogens (tertiary/aromatic N) is 1. The van der Waals surface area contributed by atoms with Gasteiger partial charge in [0, 0.05) is 23.7 Å². The van der Waals surface area contributed by atoms with Gasteiger partial charge < -0.3 is 10.1 Å². The van der Waals surface area contributed by atoms with Crippen LogP contribution < -0.4 is 14.8 Å². The van der Waals surface area contributed by atoms with Crippen molar-refractivity contribution in [1.82, 2.24) is 10.0 Å². The highest BCUT2D eigenvalue weighted by atomic mass is 32.2. The zero-order chi connectivity index (χ0) is 21.8. The van der Waals surface area contributed by atoms with E-state index in [1.54, 1.807) is 26.8 Å². The summed E-state index contributed by atoms with van der Waals surface area (Å²) in [6.07, 6.45) is 0. The predicted molar refractivity (Wildman–Crippen MR) is 107 cm³/mol. The molecular weight excluding hydrogens is 398 g/mol. The summed E-state index contributed by atoms with van der Waals surface area (Å²) < 4.78 is 32.7. The van der Waals surface area contributed by atoms with E-state index >= 15 is 0 Å². The highest BCUT2D eigenvalue weighted by molar-refractivity contribution is 7.89. The molecule has 2 aromatic carbocycles. The van der Waals surface area contributed by atoms with Gasteiger partial charge in [0.15, 0.2) is 0 Å². The van der Waals surface area contributed by atoms with Crippen molar-refractivity contribution in [2.75, 3.05) is 7.11 Å². The lowest BCUT2D eigenvalue weighted by atomic mass is 10.1. The number of carbonyl (C=O) groups excluding carboxylic acids is 1. The molecule has 2 aromatic rings. The first-order valence-electron chi connectivity index (χ1n) is 8.80. The number of non-ortho nitro benzene ring substituents is 1. The fourth-order valence-corrected chi connectivity index (χ4v) is 4.12. The highest BCUT2D eigenvalue weighted by Gasteiger charge is 2.23. The molecule has 10 heteroatoms. The van der Waals surface area contributed by atoms with E-state index in [4.69, 9.17) is 4.74 Å². The average molecular weight is 421 g/mol. The van der Waals surface area contributed by atoms with Gasteiger partial charge in [-0.15, -0.1) is 0 Å². The van der Waals surface area contributed by atoms with Gasteiger partial charge in [0.05, 0.1) is 18.1 Å². The van der Waals surface area contributed by atoms with Crippen LogP contribution in [0.4, 0.5) is 5.69 Å². The molecule has 0 spiro atoms. The Bertz CT molecular complexity index is 1020. The van der Waals surface area contributed by atoms with E-state index in [1.807, 2.05) is 0 Å². The van der Waals surface area contributed by atoms with E-state index in [2.05, 4.69) is 10.0 Å². The van der Waals surface area contributed by atoms with E-state index in [9.17, 15) is 23.3 Å². The number of amides is 1. The van der Waals surface area contributed by atoms with Crippen molar-refractivity contribution < 1.29 is 22.9 Å². The summed E-state index contributed by atoms with van der Waals surface area (Å²) in [6, 6.07) is 9.15. The molecule has 0 bridgehead atoms. The summed E-state index contributed by atoms with van der Waals surface area (Å²) in [7, 11) is -2.54. The maximum atomic E-state index is 12.6. The first-order chi connectivity index (χ1) is 13.5. The Morgan fingerprint density at radius 2 is 1.83 bits per heavy atom. The largest absolute Gasteiger partial charge is 0.495 e. The molecule has 2 rings (SSSR count). The molecule has 1 atom stereocenters. The number of carbonyl (C=O) groups is 1. The Kier molecular flexibility index (Phi) is 6.93. The molecule has 1 amide bonds. The first-order valence-corrected chi connectivity index (χ1v) is 10.3. The van der Waals surface area contributed by atoms with Crippen LogP contribution in [0.25, 0.3) is 0 Å². The third kappa shape index (κ3) is 5.52. The lowest BCUT2D eigenvalue weighted by Crippen LogP contribution is -2.31. The maximum absolute atomic E-state index is 12.6. The van der Waals surface area contributed by atoms with E-state index in [0.717, 1.165) is 0 Å².